The molecule has 1 N–H and O–H groups in total. The van der Waals surface area contributed by atoms with Crippen LogP contribution in [-0.4, -0.2) is 18.4 Å². The number of para-hydroxylation sites is 1. The zero-order valence-electron chi connectivity index (χ0n) is 19.1. The van der Waals surface area contributed by atoms with Crippen LogP contribution in [0, 0.1) is 11.3 Å². The first-order chi connectivity index (χ1) is 15.3. The first kappa shape index (κ1) is 22.8. The summed E-state index contributed by atoms with van der Waals surface area (Å²) in [5.41, 5.74) is 4.04. The number of benzene rings is 2. The molecule has 2 aromatic carbocycles. The van der Waals surface area contributed by atoms with Gasteiger partial charge in [-0.1, -0.05) is 51.1 Å². The van der Waals surface area contributed by atoms with Crippen LogP contribution < -0.4 is 5.32 Å². The summed E-state index contributed by atoms with van der Waals surface area (Å²) in [6, 6.07) is 18.0. The lowest BCUT2D eigenvalue weighted by Gasteiger charge is -2.33. The third-order valence-electron chi connectivity index (χ3n) is 6.18. The Balaban J connectivity index is 1.68. The van der Waals surface area contributed by atoms with Crippen molar-refractivity contribution in [2.75, 3.05) is 11.6 Å². The molecule has 1 heterocycles. The number of anilines is 1. The molecule has 166 valence electrons. The summed E-state index contributed by atoms with van der Waals surface area (Å²) >= 11 is 3.41. The zero-order chi connectivity index (χ0) is 22.7. The van der Waals surface area contributed by atoms with Crippen LogP contribution >= 0.6 is 23.1 Å². The Morgan fingerprint density at radius 2 is 1.84 bits per heavy atom. The van der Waals surface area contributed by atoms with Gasteiger partial charge in [0, 0.05) is 21.7 Å². The fraction of sp³-hybridized carbons (Fsp3) is 0.333. The minimum Gasteiger partial charge on any atom is -0.322 e. The normalized spacial score (nSPS) is 16.2. The molecule has 0 unspecified atom stereocenters. The highest BCUT2D eigenvalue weighted by molar-refractivity contribution is 7.98. The summed E-state index contributed by atoms with van der Waals surface area (Å²) in [7, 11) is 0. The minimum absolute atomic E-state index is 0.0622. The van der Waals surface area contributed by atoms with E-state index in [-0.39, 0.29) is 11.3 Å². The van der Waals surface area contributed by atoms with Crippen molar-refractivity contribution in [3.63, 3.8) is 0 Å². The molecule has 5 heteroatoms. The largest absolute Gasteiger partial charge is 0.322 e. The SMILES string of the molecule is CSc1ccc(C=Nc2sc3c(c2C(=O)Nc2ccccc2)CC[C@H](C(C)(C)C)C3)cc1. The molecule has 0 saturated heterocycles. The number of thiophene rings is 1. The number of carbonyl (C=O) groups is 1. The van der Waals surface area contributed by atoms with E-state index in [4.69, 9.17) is 4.99 Å². The molecule has 32 heavy (non-hydrogen) atoms. The maximum absolute atomic E-state index is 13.4. The number of thioether (sulfide) groups is 1. The van der Waals surface area contributed by atoms with Gasteiger partial charge in [-0.25, -0.2) is 4.99 Å². The third-order valence-corrected chi connectivity index (χ3v) is 8.08. The number of hydrogen-bond donors (Lipinski definition) is 1. The molecular weight excluding hydrogens is 432 g/mol. The van der Waals surface area contributed by atoms with Gasteiger partial charge in [-0.15, -0.1) is 23.1 Å². The van der Waals surface area contributed by atoms with Gasteiger partial charge in [0.25, 0.3) is 5.91 Å². The van der Waals surface area contributed by atoms with E-state index in [0.717, 1.165) is 41.1 Å². The minimum atomic E-state index is -0.0622. The summed E-state index contributed by atoms with van der Waals surface area (Å²) in [5, 5.41) is 3.89. The van der Waals surface area contributed by atoms with Gasteiger partial charge in [-0.2, -0.15) is 0 Å². The highest BCUT2D eigenvalue weighted by Crippen LogP contribution is 2.45. The summed E-state index contributed by atoms with van der Waals surface area (Å²) in [6.45, 7) is 6.95. The van der Waals surface area contributed by atoms with Crippen LogP contribution in [-0.2, 0) is 12.8 Å². The number of hydrogen-bond acceptors (Lipinski definition) is 4. The smallest absolute Gasteiger partial charge is 0.259 e. The van der Waals surface area contributed by atoms with Gasteiger partial charge in [0.1, 0.15) is 5.00 Å². The van der Waals surface area contributed by atoms with E-state index < -0.39 is 0 Å². The predicted octanol–water partition coefficient (Wildman–Crippen LogP) is 7.62. The summed E-state index contributed by atoms with van der Waals surface area (Å²) in [5.74, 6) is 0.558. The molecule has 4 rings (SSSR count). The van der Waals surface area contributed by atoms with Crippen LogP contribution in [0.2, 0.25) is 0 Å². The Hall–Kier alpha value is -2.37. The zero-order valence-corrected chi connectivity index (χ0v) is 20.8. The molecule has 0 saturated carbocycles. The van der Waals surface area contributed by atoms with Crippen LogP contribution in [0.5, 0.6) is 0 Å². The van der Waals surface area contributed by atoms with Crippen molar-refractivity contribution in [2.24, 2.45) is 16.3 Å². The number of rotatable bonds is 5. The Labute approximate surface area is 199 Å². The average molecular weight is 463 g/mol. The molecule has 0 radical (unpaired) electrons. The predicted molar refractivity (Wildman–Crippen MR) is 139 cm³/mol. The molecule has 1 aromatic heterocycles. The molecule has 0 aliphatic heterocycles. The van der Waals surface area contributed by atoms with Crippen LogP contribution in [0.1, 0.15) is 53.6 Å². The molecule has 1 aliphatic rings. The third kappa shape index (κ3) is 5.16. The van der Waals surface area contributed by atoms with E-state index in [2.05, 4.69) is 56.6 Å². The van der Waals surface area contributed by atoms with Crippen LogP contribution in [0.4, 0.5) is 10.7 Å². The van der Waals surface area contributed by atoms with Crippen LogP contribution in [0.3, 0.4) is 0 Å². The van der Waals surface area contributed by atoms with Gasteiger partial charge in [-0.3, -0.25) is 4.79 Å². The Morgan fingerprint density at radius 3 is 2.50 bits per heavy atom. The molecule has 1 amide bonds. The lowest BCUT2D eigenvalue weighted by atomic mass is 9.72. The number of nitrogens with one attached hydrogen (secondary N) is 1. The maximum atomic E-state index is 13.4. The fourth-order valence-corrected chi connectivity index (χ4v) is 5.85. The van der Waals surface area contributed by atoms with E-state index in [0.29, 0.717) is 5.92 Å². The maximum Gasteiger partial charge on any atom is 0.259 e. The van der Waals surface area contributed by atoms with E-state index >= 15 is 0 Å². The summed E-state index contributed by atoms with van der Waals surface area (Å²) < 4.78 is 0. The molecular formula is C27H30N2OS2. The second kappa shape index (κ2) is 9.63. The van der Waals surface area contributed by atoms with Crippen molar-refractivity contribution >= 4 is 45.9 Å². The molecule has 0 spiro atoms. The van der Waals surface area contributed by atoms with Gasteiger partial charge >= 0.3 is 0 Å². The molecule has 3 nitrogen and oxygen atoms in total. The standard InChI is InChI=1S/C27H30N2OS2/c1-27(2,3)19-12-15-22-23(16-19)32-26(28-17-18-10-13-21(31-4)14-11-18)24(22)25(30)29-20-8-6-5-7-9-20/h5-11,13-14,17,19H,12,15-16H2,1-4H3,(H,29,30)/t19-/m0/s1. The number of nitrogens with zero attached hydrogens (tertiary/aromatic N) is 1. The fourth-order valence-electron chi connectivity index (χ4n) is 4.17. The van der Waals surface area contributed by atoms with E-state index in [1.165, 1.54) is 15.3 Å². The van der Waals surface area contributed by atoms with Crippen molar-refractivity contribution in [2.45, 2.75) is 44.9 Å². The van der Waals surface area contributed by atoms with Gasteiger partial charge < -0.3 is 5.32 Å². The lowest BCUT2D eigenvalue weighted by Crippen LogP contribution is -2.27. The number of fused-ring (bicyclic) bond motifs is 1. The Bertz CT molecular complexity index is 1110. The van der Waals surface area contributed by atoms with Crippen molar-refractivity contribution in [1.29, 1.82) is 0 Å². The molecule has 3 aromatic rings. The Morgan fingerprint density at radius 1 is 1.12 bits per heavy atom. The summed E-state index contributed by atoms with van der Waals surface area (Å²) in [6.07, 6.45) is 7.01. The van der Waals surface area contributed by atoms with Gasteiger partial charge in [-0.05, 0) is 72.2 Å². The molecule has 0 bridgehead atoms. The number of aliphatic imine (C=N–C) groups is 1. The second-order valence-electron chi connectivity index (χ2n) is 9.34. The Kier molecular flexibility index (Phi) is 6.87. The molecule has 0 fully saturated rings. The number of amides is 1. The highest BCUT2D eigenvalue weighted by Gasteiger charge is 2.33. The topological polar surface area (TPSA) is 41.5 Å². The summed E-state index contributed by atoms with van der Waals surface area (Å²) in [4.78, 5) is 20.7. The van der Waals surface area contributed by atoms with Crippen molar-refractivity contribution in [1.82, 2.24) is 0 Å². The van der Waals surface area contributed by atoms with Crippen molar-refractivity contribution < 1.29 is 4.79 Å². The van der Waals surface area contributed by atoms with Crippen molar-refractivity contribution in [3.8, 4) is 0 Å². The van der Waals surface area contributed by atoms with E-state index in [1.807, 2.05) is 36.5 Å². The van der Waals surface area contributed by atoms with Gasteiger partial charge in [0.15, 0.2) is 0 Å². The van der Waals surface area contributed by atoms with E-state index in [9.17, 15) is 4.79 Å². The lowest BCUT2D eigenvalue weighted by molar-refractivity contribution is 0.102. The molecule has 1 atom stereocenters. The number of carbonyl (C=O) groups excluding carboxylic acids is 1. The first-order valence-corrected chi connectivity index (χ1v) is 13.1. The van der Waals surface area contributed by atoms with E-state index in [1.54, 1.807) is 23.1 Å². The molecule has 1 aliphatic carbocycles. The highest BCUT2D eigenvalue weighted by atomic mass is 32.2. The quantitative estimate of drug-likeness (QED) is 0.313. The van der Waals surface area contributed by atoms with Crippen LogP contribution in [0.25, 0.3) is 0 Å². The van der Waals surface area contributed by atoms with Crippen molar-refractivity contribution in [3.05, 3.63) is 76.2 Å². The average Bonchev–Trinajstić information content (AvgIpc) is 3.16. The second-order valence-corrected chi connectivity index (χ2v) is 11.3. The van der Waals surface area contributed by atoms with Gasteiger partial charge in [0.05, 0.1) is 5.56 Å². The first-order valence-electron chi connectivity index (χ1n) is 11.0. The van der Waals surface area contributed by atoms with Gasteiger partial charge in [0.2, 0.25) is 0 Å². The monoisotopic (exact) mass is 462 g/mol. The van der Waals surface area contributed by atoms with Crippen LogP contribution in [0.15, 0.2) is 64.5 Å².